The smallest absolute Gasteiger partial charge is 0.271 e. The summed E-state index contributed by atoms with van der Waals surface area (Å²) in [5.41, 5.74) is 1.39. The molecule has 1 aromatic heterocycles. The summed E-state index contributed by atoms with van der Waals surface area (Å²) < 4.78 is 5.86. The number of amides is 2. The van der Waals surface area contributed by atoms with Crippen molar-refractivity contribution in [3.63, 3.8) is 0 Å². The zero-order chi connectivity index (χ0) is 21.0. The quantitative estimate of drug-likeness (QED) is 0.365. The van der Waals surface area contributed by atoms with Crippen LogP contribution >= 0.6 is 11.6 Å². The first-order valence-corrected chi connectivity index (χ1v) is 9.89. The van der Waals surface area contributed by atoms with Gasteiger partial charge in [0.2, 0.25) is 0 Å². The van der Waals surface area contributed by atoms with Crippen LogP contribution in [-0.2, 0) is 9.59 Å². The van der Waals surface area contributed by atoms with Crippen LogP contribution in [0.3, 0.4) is 0 Å². The van der Waals surface area contributed by atoms with Gasteiger partial charge in [0, 0.05) is 17.7 Å². The van der Waals surface area contributed by atoms with Crippen LogP contribution in [0.1, 0.15) is 38.9 Å². The predicted molar refractivity (Wildman–Crippen MR) is 112 cm³/mol. The molecular formula is C23H21ClN2O3. The first kappa shape index (κ1) is 20.6. The third kappa shape index (κ3) is 4.18. The van der Waals surface area contributed by atoms with Crippen molar-refractivity contribution in [3.8, 4) is 17.4 Å². The van der Waals surface area contributed by atoms with Crippen LogP contribution in [0.15, 0.2) is 57.5 Å². The molecule has 0 fully saturated rings. The topological polar surface area (TPSA) is 74.3 Å². The van der Waals surface area contributed by atoms with E-state index in [0.717, 1.165) is 23.3 Å². The molecule has 3 rings (SSSR count). The molecule has 0 N–H and O–H groups in total. The zero-order valence-corrected chi connectivity index (χ0v) is 17.1. The number of carbonyl (C=O) groups excluding carboxylic acids is 2. The Morgan fingerprint density at radius 1 is 1.14 bits per heavy atom. The molecular weight excluding hydrogens is 388 g/mol. The number of hydrogen-bond donors (Lipinski definition) is 0. The Hall–Kier alpha value is -3.10. The van der Waals surface area contributed by atoms with Crippen LogP contribution < -0.4 is 0 Å². The number of rotatable bonds is 6. The second-order valence-corrected chi connectivity index (χ2v) is 7.23. The maximum Gasteiger partial charge on any atom is 0.271 e. The fraction of sp³-hybridized carbons (Fsp3) is 0.261. The van der Waals surface area contributed by atoms with Crippen molar-refractivity contribution in [2.24, 2.45) is 0 Å². The number of nitrogens with zero attached hydrogens (tertiary/aromatic N) is 2. The third-order valence-corrected chi connectivity index (χ3v) is 5.19. The fourth-order valence-corrected chi connectivity index (χ4v) is 3.46. The second-order valence-electron chi connectivity index (χ2n) is 6.82. The van der Waals surface area contributed by atoms with Crippen molar-refractivity contribution in [1.29, 1.82) is 5.26 Å². The van der Waals surface area contributed by atoms with Crippen molar-refractivity contribution in [3.05, 3.63) is 63.9 Å². The highest BCUT2D eigenvalue weighted by Gasteiger charge is 2.35. The summed E-state index contributed by atoms with van der Waals surface area (Å²) in [4.78, 5) is 26.7. The van der Waals surface area contributed by atoms with E-state index in [9.17, 15) is 14.9 Å². The van der Waals surface area contributed by atoms with E-state index in [1.54, 1.807) is 31.2 Å². The van der Waals surface area contributed by atoms with E-state index in [4.69, 9.17) is 16.0 Å². The molecule has 2 amide bonds. The van der Waals surface area contributed by atoms with Crippen LogP contribution in [-0.4, -0.2) is 23.3 Å². The Balaban J connectivity index is 1.98. The number of nitriles is 1. The number of halogens is 1. The van der Waals surface area contributed by atoms with Crippen molar-refractivity contribution in [2.45, 2.75) is 33.1 Å². The van der Waals surface area contributed by atoms with E-state index in [1.165, 1.54) is 0 Å². The first-order chi connectivity index (χ1) is 14.0. The van der Waals surface area contributed by atoms with Gasteiger partial charge in [0.25, 0.3) is 11.8 Å². The Bertz CT molecular complexity index is 1060. The minimum Gasteiger partial charge on any atom is -0.457 e. The fourth-order valence-electron chi connectivity index (χ4n) is 3.23. The molecule has 0 radical (unpaired) electrons. The van der Waals surface area contributed by atoms with Crippen molar-refractivity contribution < 1.29 is 14.0 Å². The standard InChI is InChI=1S/C23H21ClN2O3/c1-3-4-7-12-26-22(27)18(15(2)19(14-25)23(26)28)13-16-10-11-21(29-16)17-8-5-6-9-20(17)24/h5-6,8-11,13H,3-4,7,12H2,1-2H3/b18-13-. The van der Waals surface area contributed by atoms with Crippen molar-refractivity contribution in [1.82, 2.24) is 4.90 Å². The van der Waals surface area contributed by atoms with Gasteiger partial charge in [-0.15, -0.1) is 0 Å². The summed E-state index contributed by atoms with van der Waals surface area (Å²) in [5.74, 6) is 0.0873. The highest BCUT2D eigenvalue weighted by atomic mass is 35.5. The minimum absolute atomic E-state index is 0.00904. The molecule has 0 unspecified atom stereocenters. The van der Waals surface area contributed by atoms with Gasteiger partial charge in [-0.1, -0.05) is 43.5 Å². The van der Waals surface area contributed by atoms with Gasteiger partial charge >= 0.3 is 0 Å². The zero-order valence-electron chi connectivity index (χ0n) is 16.4. The molecule has 1 aliphatic heterocycles. The average Bonchev–Trinajstić information content (AvgIpc) is 3.17. The maximum atomic E-state index is 13.0. The van der Waals surface area contributed by atoms with E-state index in [-0.39, 0.29) is 11.1 Å². The lowest BCUT2D eigenvalue weighted by atomic mass is 9.94. The number of hydrogen-bond acceptors (Lipinski definition) is 4. The summed E-state index contributed by atoms with van der Waals surface area (Å²) in [7, 11) is 0. The summed E-state index contributed by atoms with van der Waals surface area (Å²) in [5, 5.41) is 10.0. The normalized spacial score (nSPS) is 15.9. The Morgan fingerprint density at radius 2 is 1.90 bits per heavy atom. The lowest BCUT2D eigenvalue weighted by Crippen LogP contribution is -2.43. The van der Waals surface area contributed by atoms with Crippen LogP contribution in [0.5, 0.6) is 0 Å². The maximum absolute atomic E-state index is 13.0. The summed E-state index contributed by atoms with van der Waals surface area (Å²) >= 11 is 6.22. The van der Waals surface area contributed by atoms with E-state index in [1.807, 2.05) is 31.2 Å². The highest BCUT2D eigenvalue weighted by Crippen LogP contribution is 2.32. The van der Waals surface area contributed by atoms with E-state index in [2.05, 4.69) is 0 Å². The van der Waals surface area contributed by atoms with Gasteiger partial charge in [-0.3, -0.25) is 14.5 Å². The molecule has 29 heavy (non-hydrogen) atoms. The molecule has 0 spiro atoms. The van der Waals surface area contributed by atoms with Crippen LogP contribution in [0.4, 0.5) is 0 Å². The number of benzene rings is 1. The Kier molecular flexibility index (Phi) is 6.36. The molecule has 5 nitrogen and oxygen atoms in total. The minimum atomic E-state index is -0.528. The summed E-state index contributed by atoms with van der Waals surface area (Å²) in [6, 6.07) is 12.8. The van der Waals surface area contributed by atoms with Gasteiger partial charge in [-0.05, 0) is 49.3 Å². The van der Waals surface area contributed by atoms with Gasteiger partial charge in [0.15, 0.2) is 0 Å². The lowest BCUT2D eigenvalue weighted by molar-refractivity contribution is -0.140. The molecule has 0 aliphatic carbocycles. The Morgan fingerprint density at radius 3 is 2.59 bits per heavy atom. The van der Waals surface area contributed by atoms with Crippen LogP contribution in [0.2, 0.25) is 5.02 Å². The largest absolute Gasteiger partial charge is 0.457 e. The molecule has 1 aromatic carbocycles. The first-order valence-electron chi connectivity index (χ1n) is 9.52. The summed E-state index contributed by atoms with van der Waals surface area (Å²) in [6.45, 7) is 3.95. The molecule has 2 heterocycles. The second kappa shape index (κ2) is 8.93. The number of carbonyl (C=O) groups is 2. The van der Waals surface area contributed by atoms with Gasteiger partial charge in [0.05, 0.1) is 5.02 Å². The third-order valence-electron chi connectivity index (χ3n) is 4.86. The number of imide groups is 1. The van der Waals surface area contributed by atoms with Gasteiger partial charge < -0.3 is 4.42 Å². The molecule has 6 heteroatoms. The molecule has 2 aromatic rings. The van der Waals surface area contributed by atoms with Gasteiger partial charge in [-0.2, -0.15) is 5.26 Å². The molecule has 1 aliphatic rings. The Labute approximate surface area is 174 Å². The van der Waals surface area contributed by atoms with Crippen molar-refractivity contribution >= 4 is 29.5 Å². The molecule has 0 saturated heterocycles. The number of unbranched alkanes of at least 4 members (excludes halogenated alkanes) is 2. The lowest BCUT2D eigenvalue weighted by Gasteiger charge is -2.27. The number of furan rings is 1. The molecule has 0 atom stereocenters. The average molecular weight is 409 g/mol. The van der Waals surface area contributed by atoms with Crippen LogP contribution in [0.25, 0.3) is 17.4 Å². The van der Waals surface area contributed by atoms with E-state index < -0.39 is 11.8 Å². The predicted octanol–water partition coefficient (Wildman–Crippen LogP) is 5.38. The summed E-state index contributed by atoms with van der Waals surface area (Å²) in [6.07, 6.45) is 4.15. The SMILES string of the molecule is CCCCCN1C(=O)C(C#N)=C(C)/C(=C/c2ccc(-c3ccccc3Cl)o2)C1=O. The van der Waals surface area contributed by atoms with E-state index >= 15 is 0 Å². The molecule has 148 valence electrons. The van der Waals surface area contributed by atoms with E-state index in [0.29, 0.717) is 35.1 Å². The van der Waals surface area contributed by atoms with Crippen LogP contribution in [0, 0.1) is 11.3 Å². The van der Waals surface area contributed by atoms with Gasteiger partial charge in [-0.25, -0.2) is 0 Å². The molecule has 0 saturated carbocycles. The van der Waals surface area contributed by atoms with Crippen molar-refractivity contribution in [2.75, 3.05) is 6.54 Å². The monoisotopic (exact) mass is 408 g/mol. The van der Waals surface area contributed by atoms with Gasteiger partial charge in [0.1, 0.15) is 23.2 Å². The molecule has 0 bridgehead atoms. The highest BCUT2D eigenvalue weighted by molar-refractivity contribution is 6.33.